The van der Waals surface area contributed by atoms with Crippen LogP contribution < -0.4 is 16.4 Å². The molecular formula is C16H25FN4. The van der Waals surface area contributed by atoms with Crippen LogP contribution in [0.25, 0.3) is 0 Å². The van der Waals surface area contributed by atoms with Gasteiger partial charge in [-0.3, -0.25) is 4.99 Å². The summed E-state index contributed by atoms with van der Waals surface area (Å²) < 4.78 is 13.0. The second-order valence-corrected chi connectivity index (χ2v) is 5.54. The van der Waals surface area contributed by atoms with Gasteiger partial charge in [0.1, 0.15) is 5.82 Å². The summed E-state index contributed by atoms with van der Waals surface area (Å²) in [6, 6.07) is 6.97. The molecule has 1 aliphatic rings. The van der Waals surface area contributed by atoms with Crippen molar-refractivity contribution in [2.45, 2.75) is 44.6 Å². The minimum Gasteiger partial charge on any atom is -0.385 e. The van der Waals surface area contributed by atoms with Gasteiger partial charge in [0.15, 0.2) is 5.96 Å². The highest BCUT2D eigenvalue weighted by atomic mass is 19.1. The Kier molecular flexibility index (Phi) is 6.31. The van der Waals surface area contributed by atoms with Crippen molar-refractivity contribution in [3.05, 3.63) is 30.1 Å². The number of benzene rings is 1. The fourth-order valence-electron chi connectivity index (χ4n) is 2.61. The number of halogens is 1. The van der Waals surface area contributed by atoms with Crippen LogP contribution in [0.4, 0.5) is 10.1 Å². The summed E-state index contributed by atoms with van der Waals surface area (Å²) in [7, 11) is 0. The van der Waals surface area contributed by atoms with Crippen molar-refractivity contribution in [1.29, 1.82) is 0 Å². The van der Waals surface area contributed by atoms with Gasteiger partial charge in [-0.25, -0.2) is 4.39 Å². The molecule has 1 aliphatic carbocycles. The van der Waals surface area contributed by atoms with Gasteiger partial charge in [0, 0.05) is 24.8 Å². The summed E-state index contributed by atoms with van der Waals surface area (Å²) in [5.41, 5.74) is 6.69. The molecular weight excluding hydrogens is 267 g/mol. The first-order valence-electron chi connectivity index (χ1n) is 7.80. The first-order valence-corrected chi connectivity index (χ1v) is 7.80. The Balaban J connectivity index is 1.60. The van der Waals surface area contributed by atoms with Gasteiger partial charge in [0.2, 0.25) is 0 Å². The van der Waals surface area contributed by atoms with Gasteiger partial charge in [-0.05, 0) is 37.5 Å². The van der Waals surface area contributed by atoms with Crippen LogP contribution in [0.2, 0.25) is 0 Å². The molecule has 0 bridgehead atoms. The Morgan fingerprint density at radius 3 is 2.86 bits per heavy atom. The average Bonchev–Trinajstić information content (AvgIpc) is 2.48. The third-order valence-corrected chi connectivity index (χ3v) is 3.73. The average molecular weight is 292 g/mol. The van der Waals surface area contributed by atoms with Gasteiger partial charge in [0.25, 0.3) is 0 Å². The Labute approximate surface area is 126 Å². The molecule has 0 saturated heterocycles. The van der Waals surface area contributed by atoms with Gasteiger partial charge in [0.05, 0.1) is 0 Å². The second kappa shape index (κ2) is 8.49. The molecule has 1 saturated carbocycles. The highest BCUT2D eigenvalue weighted by Crippen LogP contribution is 2.17. The minimum atomic E-state index is -0.223. The zero-order chi connectivity index (χ0) is 14.9. The smallest absolute Gasteiger partial charge is 0.188 e. The third kappa shape index (κ3) is 6.02. The molecule has 4 N–H and O–H groups in total. The summed E-state index contributed by atoms with van der Waals surface area (Å²) in [6.45, 7) is 1.43. The number of guanidine groups is 1. The maximum atomic E-state index is 13.0. The van der Waals surface area contributed by atoms with E-state index in [2.05, 4.69) is 15.6 Å². The Hall–Kier alpha value is -1.78. The molecule has 4 nitrogen and oxygen atoms in total. The standard InChI is InChI=1S/C16H25FN4/c17-13-6-4-9-15(12-13)19-10-5-11-20-16(18)21-14-7-2-1-3-8-14/h4,6,9,12,14,19H,1-3,5,7-8,10-11H2,(H3,18,20,21). The Morgan fingerprint density at radius 2 is 2.10 bits per heavy atom. The van der Waals surface area contributed by atoms with E-state index < -0.39 is 0 Å². The molecule has 0 aliphatic heterocycles. The number of nitrogens with zero attached hydrogens (tertiary/aromatic N) is 1. The molecule has 1 fully saturated rings. The molecule has 0 heterocycles. The third-order valence-electron chi connectivity index (χ3n) is 3.73. The lowest BCUT2D eigenvalue weighted by atomic mass is 9.96. The van der Waals surface area contributed by atoms with Crippen molar-refractivity contribution >= 4 is 11.6 Å². The second-order valence-electron chi connectivity index (χ2n) is 5.54. The van der Waals surface area contributed by atoms with E-state index in [9.17, 15) is 4.39 Å². The van der Waals surface area contributed by atoms with E-state index in [1.807, 2.05) is 6.07 Å². The van der Waals surface area contributed by atoms with Crippen molar-refractivity contribution in [2.24, 2.45) is 10.7 Å². The highest BCUT2D eigenvalue weighted by Gasteiger charge is 2.12. The monoisotopic (exact) mass is 292 g/mol. The molecule has 1 aromatic rings. The van der Waals surface area contributed by atoms with Crippen LogP contribution >= 0.6 is 0 Å². The SMILES string of the molecule is NC(=NCCCNc1cccc(F)c1)NC1CCCCC1. The van der Waals surface area contributed by atoms with Gasteiger partial charge in [-0.1, -0.05) is 25.3 Å². The summed E-state index contributed by atoms with van der Waals surface area (Å²) in [5.74, 6) is 0.326. The van der Waals surface area contributed by atoms with Crippen molar-refractivity contribution in [1.82, 2.24) is 5.32 Å². The van der Waals surface area contributed by atoms with Gasteiger partial charge in [-0.2, -0.15) is 0 Å². The number of hydrogen-bond acceptors (Lipinski definition) is 2. The van der Waals surface area contributed by atoms with Crippen LogP contribution in [0.5, 0.6) is 0 Å². The fourth-order valence-corrected chi connectivity index (χ4v) is 2.61. The fraction of sp³-hybridized carbons (Fsp3) is 0.562. The highest BCUT2D eigenvalue weighted by molar-refractivity contribution is 5.78. The van der Waals surface area contributed by atoms with Crippen LogP contribution in [0, 0.1) is 5.82 Å². The molecule has 116 valence electrons. The number of hydrogen-bond donors (Lipinski definition) is 3. The first-order chi connectivity index (χ1) is 10.2. The molecule has 0 unspecified atom stereocenters. The van der Waals surface area contributed by atoms with E-state index in [0.29, 0.717) is 18.5 Å². The molecule has 0 amide bonds. The topological polar surface area (TPSA) is 62.4 Å². The number of nitrogens with two attached hydrogens (primary N) is 1. The van der Waals surface area contributed by atoms with E-state index in [1.54, 1.807) is 6.07 Å². The summed E-state index contributed by atoms with van der Waals surface area (Å²) in [4.78, 5) is 4.34. The van der Waals surface area contributed by atoms with E-state index in [1.165, 1.54) is 44.2 Å². The largest absolute Gasteiger partial charge is 0.385 e. The lowest BCUT2D eigenvalue weighted by Gasteiger charge is -2.23. The van der Waals surface area contributed by atoms with Crippen molar-refractivity contribution < 1.29 is 4.39 Å². The van der Waals surface area contributed by atoms with Crippen molar-refractivity contribution in [2.75, 3.05) is 18.4 Å². The molecule has 5 heteroatoms. The lowest BCUT2D eigenvalue weighted by molar-refractivity contribution is 0.412. The number of anilines is 1. The van der Waals surface area contributed by atoms with Crippen molar-refractivity contribution in [3.8, 4) is 0 Å². The van der Waals surface area contributed by atoms with Gasteiger partial charge < -0.3 is 16.4 Å². The molecule has 0 atom stereocenters. The number of aliphatic imine (C=N–C) groups is 1. The molecule has 0 aromatic heterocycles. The Morgan fingerprint density at radius 1 is 1.29 bits per heavy atom. The van der Waals surface area contributed by atoms with E-state index in [0.717, 1.165) is 18.7 Å². The molecule has 0 radical (unpaired) electrons. The predicted octanol–water partition coefficient (Wildman–Crippen LogP) is 2.86. The van der Waals surface area contributed by atoms with E-state index in [-0.39, 0.29) is 5.82 Å². The van der Waals surface area contributed by atoms with E-state index in [4.69, 9.17) is 5.73 Å². The molecule has 0 spiro atoms. The van der Waals surface area contributed by atoms with E-state index >= 15 is 0 Å². The normalized spacial score (nSPS) is 16.7. The molecule has 21 heavy (non-hydrogen) atoms. The van der Waals surface area contributed by atoms with Gasteiger partial charge in [-0.15, -0.1) is 0 Å². The zero-order valence-corrected chi connectivity index (χ0v) is 12.4. The summed E-state index contributed by atoms with van der Waals surface area (Å²) in [5, 5.41) is 6.46. The quantitative estimate of drug-likeness (QED) is 0.429. The maximum absolute atomic E-state index is 13.0. The number of rotatable bonds is 6. The summed E-state index contributed by atoms with van der Waals surface area (Å²) >= 11 is 0. The summed E-state index contributed by atoms with van der Waals surface area (Å²) in [6.07, 6.45) is 7.14. The first kappa shape index (κ1) is 15.6. The predicted molar refractivity (Wildman–Crippen MR) is 86.0 cm³/mol. The molecule has 2 rings (SSSR count). The van der Waals surface area contributed by atoms with Crippen LogP contribution in [-0.2, 0) is 0 Å². The van der Waals surface area contributed by atoms with Crippen LogP contribution in [0.1, 0.15) is 38.5 Å². The maximum Gasteiger partial charge on any atom is 0.188 e. The van der Waals surface area contributed by atoms with Crippen LogP contribution in [0.3, 0.4) is 0 Å². The minimum absolute atomic E-state index is 0.223. The zero-order valence-electron chi connectivity index (χ0n) is 12.4. The van der Waals surface area contributed by atoms with Crippen molar-refractivity contribution in [3.63, 3.8) is 0 Å². The van der Waals surface area contributed by atoms with Gasteiger partial charge >= 0.3 is 0 Å². The lowest BCUT2D eigenvalue weighted by Crippen LogP contribution is -2.41. The number of nitrogens with one attached hydrogen (secondary N) is 2. The van der Waals surface area contributed by atoms with Crippen LogP contribution in [-0.4, -0.2) is 25.1 Å². The van der Waals surface area contributed by atoms with Crippen LogP contribution in [0.15, 0.2) is 29.3 Å². The molecule has 1 aromatic carbocycles. The Bertz CT molecular complexity index is 455.